The van der Waals surface area contributed by atoms with Gasteiger partial charge >= 0.3 is 0 Å². The zero-order chi connectivity index (χ0) is 8.39. The summed E-state index contributed by atoms with van der Waals surface area (Å²) < 4.78 is 5.52. The van der Waals surface area contributed by atoms with Gasteiger partial charge in [0.1, 0.15) is 5.75 Å². The first-order valence-corrected chi connectivity index (χ1v) is 4.29. The van der Waals surface area contributed by atoms with Crippen molar-refractivity contribution in [2.45, 2.75) is 12.5 Å². The summed E-state index contributed by atoms with van der Waals surface area (Å²) in [7, 11) is 0. The lowest BCUT2D eigenvalue weighted by atomic mass is 10.3. The fourth-order valence-electron chi connectivity index (χ4n) is 1.18. The van der Waals surface area contributed by atoms with Gasteiger partial charge in [-0.25, -0.2) is 0 Å². The predicted octanol–water partition coefficient (Wildman–Crippen LogP) is 1.41. The van der Waals surface area contributed by atoms with Gasteiger partial charge in [0.15, 0.2) is 0 Å². The van der Waals surface area contributed by atoms with Gasteiger partial charge in [-0.3, -0.25) is 0 Å². The van der Waals surface area contributed by atoms with Crippen molar-refractivity contribution < 1.29 is 4.74 Å². The van der Waals surface area contributed by atoms with E-state index < -0.39 is 0 Å². The predicted molar refractivity (Wildman–Crippen MR) is 48.0 cm³/mol. The van der Waals surface area contributed by atoms with Gasteiger partial charge in [-0.05, 0) is 18.6 Å². The summed E-state index contributed by atoms with van der Waals surface area (Å²) in [6, 6.07) is 10.2. The van der Waals surface area contributed by atoms with Crippen molar-refractivity contribution in [2.75, 3.05) is 6.61 Å². The molecule has 12 heavy (non-hydrogen) atoms. The molecule has 1 aliphatic rings. The minimum atomic E-state index is 0.383. The third-order valence-corrected chi connectivity index (χ3v) is 2.18. The zero-order valence-corrected chi connectivity index (χ0v) is 6.94. The molecule has 2 N–H and O–H groups in total. The van der Waals surface area contributed by atoms with E-state index in [9.17, 15) is 0 Å². The molecule has 0 bridgehead atoms. The fraction of sp³-hybridized carbons (Fsp3) is 0.400. The molecule has 0 amide bonds. The molecule has 0 spiro atoms. The number of hydrogen-bond acceptors (Lipinski definition) is 2. The van der Waals surface area contributed by atoms with Crippen LogP contribution in [0.15, 0.2) is 30.3 Å². The van der Waals surface area contributed by atoms with Gasteiger partial charge < -0.3 is 10.5 Å². The maximum Gasteiger partial charge on any atom is 0.119 e. The van der Waals surface area contributed by atoms with Crippen LogP contribution in [-0.2, 0) is 0 Å². The molecule has 1 aliphatic carbocycles. The highest BCUT2D eigenvalue weighted by molar-refractivity contribution is 5.21. The number of rotatable bonds is 3. The van der Waals surface area contributed by atoms with Crippen LogP contribution in [0.2, 0.25) is 0 Å². The van der Waals surface area contributed by atoms with Crippen LogP contribution >= 0.6 is 0 Å². The van der Waals surface area contributed by atoms with Gasteiger partial charge in [0.25, 0.3) is 0 Å². The fourth-order valence-corrected chi connectivity index (χ4v) is 1.18. The second-order valence-electron chi connectivity index (χ2n) is 3.28. The zero-order valence-electron chi connectivity index (χ0n) is 6.94. The Kier molecular flexibility index (Phi) is 2.00. The molecule has 1 aromatic rings. The Labute approximate surface area is 72.3 Å². The van der Waals surface area contributed by atoms with E-state index in [2.05, 4.69) is 0 Å². The van der Waals surface area contributed by atoms with Crippen LogP contribution in [0.4, 0.5) is 0 Å². The molecule has 0 saturated heterocycles. The summed E-state index contributed by atoms with van der Waals surface area (Å²) in [5.41, 5.74) is 5.65. The average molecular weight is 163 g/mol. The minimum absolute atomic E-state index is 0.383. The topological polar surface area (TPSA) is 35.2 Å². The van der Waals surface area contributed by atoms with Crippen LogP contribution in [0.3, 0.4) is 0 Å². The van der Waals surface area contributed by atoms with Crippen molar-refractivity contribution in [2.24, 2.45) is 11.7 Å². The molecule has 0 radical (unpaired) electrons. The van der Waals surface area contributed by atoms with Gasteiger partial charge in [0.2, 0.25) is 0 Å². The summed E-state index contributed by atoms with van der Waals surface area (Å²) >= 11 is 0. The van der Waals surface area contributed by atoms with Crippen LogP contribution in [0.5, 0.6) is 5.75 Å². The van der Waals surface area contributed by atoms with Crippen molar-refractivity contribution in [3.8, 4) is 5.75 Å². The third kappa shape index (κ3) is 1.77. The number of hydrogen-bond donors (Lipinski definition) is 1. The van der Waals surface area contributed by atoms with Gasteiger partial charge in [-0.15, -0.1) is 0 Å². The Morgan fingerprint density at radius 3 is 2.58 bits per heavy atom. The van der Waals surface area contributed by atoms with E-state index >= 15 is 0 Å². The van der Waals surface area contributed by atoms with Crippen LogP contribution in [0, 0.1) is 5.92 Å². The van der Waals surface area contributed by atoms with Gasteiger partial charge in [0.05, 0.1) is 6.61 Å². The standard InChI is InChI=1S/C10H13NO/c11-10-6-8(10)7-12-9-4-2-1-3-5-9/h1-5,8,10H,6-7,11H2/t8-,10+/m0/s1. The summed E-state index contributed by atoms with van der Waals surface area (Å²) in [5, 5.41) is 0. The summed E-state index contributed by atoms with van der Waals surface area (Å²) in [6.45, 7) is 0.769. The van der Waals surface area contributed by atoms with Crippen molar-refractivity contribution in [1.29, 1.82) is 0 Å². The molecular weight excluding hydrogens is 150 g/mol. The molecule has 2 atom stereocenters. The molecule has 2 heteroatoms. The molecule has 64 valence electrons. The lowest BCUT2D eigenvalue weighted by molar-refractivity contribution is 0.297. The number of ether oxygens (including phenoxy) is 1. The number of benzene rings is 1. The van der Waals surface area contributed by atoms with Crippen LogP contribution in [0.1, 0.15) is 6.42 Å². The summed E-state index contributed by atoms with van der Waals surface area (Å²) in [4.78, 5) is 0. The van der Waals surface area contributed by atoms with E-state index in [1.807, 2.05) is 30.3 Å². The first kappa shape index (κ1) is 7.62. The van der Waals surface area contributed by atoms with E-state index in [0.29, 0.717) is 12.0 Å². The lowest BCUT2D eigenvalue weighted by Gasteiger charge is -2.03. The van der Waals surface area contributed by atoms with Gasteiger partial charge in [-0.2, -0.15) is 0 Å². The second-order valence-corrected chi connectivity index (χ2v) is 3.28. The molecular formula is C10H13NO. The quantitative estimate of drug-likeness (QED) is 0.731. The Bertz CT molecular complexity index is 247. The van der Waals surface area contributed by atoms with Gasteiger partial charge in [0, 0.05) is 12.0 Å². The minimum Gasteiger partial charge on any atom is -0.493 e. The molecule has 0 aliphatic heterocycles. The summed E-state index contributed by atoms with van der Waals surface area (Å²) in [6.07, 6.45) is 1.12. The van der Waals surface area contributed by atoms with Crippen LogP contribution in [-0.4, -0.2) is 12.6 Å². The molecule has 0 heterocycles. The Morgan fingerprint density at radius 2 is 2.00 bits per heavy atom. The molecule has 2 rings (SSSR count). The Balaban J connectivity index is 1.80. The van der Waals surface area contributed by atoms with Crippen molar-refractivity contribution in [1.82, 2.24) is 0 Å². The lowest BCUT2D eigenvalue weighted by Crippen LogP contribution is -2.08. The molecule has 1 aromatic carbocycles. The molecule has 1 saturated carbocycles. The number of para-hydroxylation sites is 1. The normalized spacial score (nSPS) is 26.8. The maximum absolute atomic E-state index is 5.65. The highest BCUT2D eigenvalue weighted by atomic mass is 16.5. The van der Waals surface area contributed by atoms with E-state index in [1.165, 1.54) is 0 Å². The third-order valence-electron chi connectivity index (χ3n) is 2.18. The van der Waals surface area contributed by atoms with E-state index in [1.54, 1.807) is 0 Å². The van der Waals surface area contributed by atoms with Crippen molar-refractivity contribution >= 4 is 0 Å². The first-order chi connectivity index (χ1) is 5.86. The Hall–Kier alpha value is -1.02. The molecule has 1 fully saturated rings. The maximum atomic E-state index is 5.65. The Morgan fingerprint density at radius 1 is 1.33 bits per heavy atom. The largest absolute Gasteiger partial charge is 0.493 e. The number of nitrogens with two attached hydrogens (primary N) is 1. The van der Waals surface area contributed by atoms with Crippen molar-refractivity contribution in [3.63, 3.8) is 0 Å². The SMILES string of the molecule is N[C@@H]1C[C@H]1COc1ccccc1. The molecule has 2 nitrogen and oxygen atoms in total. The van der Waals surface area contributed by atoms with Crippen LogP contribution < -0.4 is 10.5 Å². The first-order valence-electron chi connectivity index (χ1n) is 4.29. The van der Waals surface area contributed by atoms with E-state index in [-0.39, 0.29) is 0 Å². The smallest absolute Gasteiger partial charge is 0.119 e. The monoisotopic (exact) mass is 163 g/mol. The molecule has 0 unspecified atom stereocenters. The van der Waals surface area contributed by atoms with Crippen LogP contribution in [0.25, 0.3) is 0 Å². The van der Waals surface area contributed by atoms with E-state index in [0.717, 1.165) is 18.8 Å². The van der Waals surface area contributed by atoms with Crippen molar-refractivity contribution in [3.05, 3.63) is 30.3 Å². The second kappa shape index (κ2) is 3.15. The van der Waals surface area contributed by atoms with E-state index in [4.69, 9.17) is 10.5 Å². The summed E-state index contributed by atoms with van der Waals surface area (Å²) in [5.74, 6) is 1.53. The highest BCUT2D eigenvalue weighted by Crippen LogP contribution is 2.28. The highest BCUT2D eigenvalue weighted by Gasteiger charge is 2.33. The molecule has 0 aromatic heterocycles. The average Bonchev–Trinajstić information content (AvgIpc) is 2.81. The van der Waals surface area contributed by atoms with Gasteiger partial charge in [-0.1, -0.05) is 18.2 Å².